The van der Waals surface area contributed by atoms with E-state index >= 15 is 0 Å². The number of carbonyl (C=O) groups excluding carboxylic acids is 1. The largest absolute Gasteiger partial charge is 0.340 e. The van der Waals surface area contributed by atoms with E-state index in [4.69, 9.17) is 11.6 Å². The Morgan fingerprint density at radius 1 is 1.69 bits per heavy atom. The molecular weight excluding hydrogens is 244 g/mol. The van der Waals surface area contributed by atoms with Gasteiger partial charge in [-0.25, -0.2) is 0 Å². The molecule has 1 atom stereocenters. The lowest BCUT2D eigenvalue weighted by Crippen LogP contribution is -2.51. The quantitative estimate of drug-likeness (QED) is 0.877. The van der Waals surface area contributed by atoms with Crippen molar-refractivity contribution in [3.05, 3.63) is 21.3 Å². The number of carbonyl (C=O) groups is 1. The average Bonchev–Trinajstić information content (AvgIpc) is 2.64. The maximum Gasteiger partial charge on any atom is 0.227 e. The number of hydrogen-bond donors (Lipinski definition) is 1. The molecule has 1 aromatic heterocycles. The molecule has 16 heavy (non-hydrogen) atoms. The first-order valence-corrected chi connectivity index (χ1v) is 6.60. The fraction of sp³-hybridized carbons (Fsp3) is 0.545. The van der Waals surface area contributed by atoms with E-state index in [1.807, 2.05) is 17.0 Å². The highest BCUT2D eigenvalue weighted by Gasteiger charge is 2.20. The van der Waals surface area contributed by atoms with Crippen LogP contribution in [-0.2, 0) is 11.2 Å². The molecule has 1 aromatic rings. The second-order valence-electron chi connectivity index (χ2n) is 4.08. The molecule has 1 fully saturated rings. The first kappa shape index (κ1) is 11.9. The summed E-state index contributed by atoms with van der Waals surface area (Å²) in [5, 5.41) is 3.32. The minimum absolute atomic E-state index is 0.201. The number of piperazine rings is 1. The molecule has 1 aliphatic heterocycles. The Morgan fingerprint density at radius 3 is 3.12 bits per heavy atom. The Labute approximate surface area is 104 Å². The van der Waals surface area contributed by atoms with E-state index < -0.39 is 0 Å². The van der Waals surface area contributed by atoms with E-state index in [9.17, 15) is 4.79 Å². The smallest absolute Gasteiger partial charge is 0.227 e. The Morgan fingerprint density at radius 2 is 2.50 bits per heavy atom. The molecule has 88 valence electrons. The third kappa shape index (κ3) is 2.97. The van der Waals surface area contributed by atoms with Crippen LogP contribution in [0.1, 0.15) is 11.8 Å². The maximum atomic E-state index is 12.0. The molecule has 1 unspecified atom stereocenters. The zero-order valence-electron chi connectivity index (χ0n) is 9.20. The predicted octanol–water partition coefficient (Wildman–Crippen LogP) is 1.76. The van der Waals surface area contributed by atoms with Crippen LogP contribution >= 0.6 is 22.9 Å². The number of halogens is 1. The molecule has 3 nitrogen and oxygen atoms in total. The van der Waals surface area contributed by atoms with Crippen LogP contribution in [-0.4, -0.2) is 36.5 Å². The van der Waals surface area contributed by atoms with E-state index in [1.54, 1.807) is 0 Å². The van der Waals surface area contributed by atoms with Crippen molar-refractivity contribution in [2.75, 3.05) is 19.6 Å². The Balaban J connectivity index is 1.92. The zero-order valence-corrected chi connectivity index (χ0v) is 10.8. The molecule has 0 aromatic carbocycles. The highest BCUT2D eigenvalue weighted by atomic mass is 35.5. The Bertz CT molecular complexity index is 380. The van der Waals surface area contributed by atoms with Crippen LogP contribution in [0.4, 0.5) is 0 Å². The highest BCUT2D eigenvalue weighted by molar-refractivity contribution is 7.16. The third-order valence-electron chi connectivity index (χ3n) is 2.68. The van der Waals surface area contributed by atoms with E-state index in [2.05, 4.69) is 12.2 Å². The van der Waals surface area contributed by atoms with Crippen LogP contribution in [0.25, 0.3) is 0 Å². The van der Waals surface area contributed by atoms with Gasteiger partial charge in [-0.2, -0.15) is 0 Å². The molecule has 1 aliphatic rings. The fourth-order valence-corrected chi connectivity index (χ4v) is 2.95. The van der Waals surface area contributed by atoms with Gasteiger partial charge in [0.15, 0.2) is 0 Å². The average molecular weight is 259 g/mol. The van der Waals surface area contributed by atoms with Crippen LogP contribution < -0.4 is 5.32 Å². The first-order chi connectivity index (χ1) is 7.65. The van der Waals surface area contributed by atoms with E-state index in [0.29, 0.717) is 12.5 Å². The van der Waals surface area contributed by atoms with Gasteiger partial charge in [0.1, 0.15) is 0 Å². The van der Waals surface area contributed by atoms with Gasteiger partial charge < -0.3 is 10.2 Å². The van der Waals surface area contributed by atoms with Crippen molar-refractivity contribution in [1.82, 2.24) is 10.2 Å². The van der Waals surface area contributed by atoms with Gasteiger partial charge in [0.25, 0.3) is 0 Å². The molecule has 0 radical (unpaired) electrons. The maximum absolute atomic E-state index is 12.0. The van der Waals surface area contributed by atoms with Gasteiger partial charge in [0.05, 0.1) is 10.8 Å². The summed E-state index contributed by atoms with van der Waals surface area (Å²) >= 11 is 7.32. The second kappa shape index (κ2) is 5.17. The van der Waals surface area contributed by atoms with Crippen LogP contribution in [0.5, 0.6) is 0 Å². The topological polar surface area (TPSA) is 32.3 Å². The van der Waals surface area contributed by atoms with Gasteiger partial charge in [-0.1, -0.05) is 11.6 Å². The Kier molecular flexibility index (Phi) is 3.84. The lowest BCUT2D eigenvalue weighted by molar-refractivity contribution is -0.131. The lowest BCUT2D eigenvalue weighted by atomic mass is 10.2. The second-order valence-corrected chi connectivity index (χ2v) is 5.88. The summed E-state index contributed by atoms with van der Waals surface area (Å²) in [4.78, 5) is 15.0. The first-order valence-electron chi connectivity index (χ1n) is 5.40. The van der Waals surface area contributed by atoms with Crippen LogP contribution in [0.15, 0.2) is 12.1 Å². The minimum Gasteiger partial charge on any atom is -0.340 e. The number of nitrogens with one attached hydrogen (secondary N) is 1. The summed E-state index contributed by atoms with van der Waals surface area (Å²) in [7, 11) is 0. The number of thiophene rings is 1. The third-order valence-corrected chi connectivity index (χ3v) is 3.91. The van der Waals surface area contributed by atoms with Gasteiger partial charge in [-0.05, 0) is 19.1 Å². The summed E-state index contributed by atoms with van der Waals surface area (Å²) in [5.41, 5.74) is 0. The standard InChI is InChI=1S/C11H15ClN2OS/c1-8-7-14(5-4-13-8)11(15)6-9-2-3-10(12)16-9/h2-3,8,13H,4-7H2,1H3. The molecular formula is C11H15ClN2OS. The summed E-state index contributed by atoms with van der Waals surface area (Å²) < 4.78 is 0.747. The number of nitrogens with zero attached hydrogens (tertiary/aromatic N) is 1. The molecule has 0 saturated carbocycles. The van der Waals surface area contributed by atoms with E-state index in [1.165, 1.54) is 11.3 Å². The molecule has 0 spiro atoms. The summed E-state index contributed by atoms with van der Waals surface area (Å²) in [6.07, 6.45) is 0.476. The van der Waals surface area contributed by atoms with Crippen LogP contribution in [0.2, 0.25) is 4.34 Å². The summed E-state index contributed by atoms with van der Waals surface area (Å²) in [5.74, 6) is 0.201. The normalized spacial score (nSPS) is 21.1. The number of rotatable bonds is 2. The Hall–Kier alpha value is -0.580. The van der Waals surface area contributed by atoms with Gasteiger partial charge in [0.2, 0.25) is 5.91 Å². The minimum atomic E-state index is 0.201. The molecule has 0 bridgehead atoms. The van der Waals surface area contributed by atoms with Gasteiger partial charge in [-0.3, -0.25) is 4.79 Å². The van der Waals surface area contributed by atoms with Gasteiger partial charge in [0, 0.05) is 30.6 Å². The molecule has 2 rings (SSSR count). The van der Waals surface area contributed by atoms with Crippen molar-refractivity contribution in [3.8, 4) is 0 Å². The molecule has 2 heterocycles. The highest BCUT2D eigenvalue weighted by Crippen LogP contribution is 2.22. The predicted molar refractivity (Wildman–Crippen MR) is 67.1 cm³/mol. The van der Waals surface area contributed by atoms with Crippen molar-refractivity contribution in [1.29, 1.82) is 0 Å². The number of amides is 1. The summed E-state index contributed by atoms with van der Waals surface area (Å²) in [6, 6.07) is 4.16. The lowest BCUT2D eigenvalue weighted by Gasteiger charge is -2.31. The zero-order chi connectivity index (χ0) is 11.5. The van der Waals surface area contributed by atoms with Crippen LogP contribution in [0.3, 0.4) is 0 Å². The SMILES string of the molecule is CC1CN(C(=O)Cc2ccc(Cl)s2)CCN1. The van der Waals surface area contributed by atoms with Crippen molar-refractivity contribution < 1.29 is 4.79 Å². The van der Waals surface area contributed by atoms with Gasteiger partial charge in [-0.15, -0.1) is 11.3 Å². The van der Waals surface area contributed by atoms with E-state index in [-0.39, 0.29) is 5.91 Å². The molecule has 5 heteroatoms. The molecule has 1 saturated heterocycles. The van der Waals surface area contributed by atoms with Crippen LogP contribution in [0, 0.1) is 0 Å². The van der Waals surface area contributed by atoms with Crippen molar-refractivity contribution in [2.24, 2.45) is 0 Å². The summed E-state index contributed by atoms with van der Waals surface area (Å²) in [6.45, 7) is 4.60. The monoisotopic (exact) mass is 258 g/mol. The molecule has 0 aliphatic carbocycles. The fourth-order valence-electron chi connectivity index (χ4n) is 1.87. The van der Waals surface area contributed by atoms with Crippen molar-refractivity contribution in [3.63, 3.8) is 0 Å². The van der Waals surface area contributed by atoms with Gasteiger partial charge >= 0.3 is 0 Å². The molecule has 1 amide bonds. The van der Waals surface area contributed by atoms with Crippen molar-refractivity contribution in [2.45, 2.75) is 19.4 Å². The van der Waals surface area contributed by atoms with Crippen molar-refractivity contribution >= 4 is 28.8 Å². The van der Waals surface area contributed by atoms with E-state index in [0.717, 1.165) is 28.8 Å². The number of hydrogen-bond acceptors (Lipinski definition) is 3. The molecule has 1 N–H and O–H groups in total.